The van der Waals surface area contributed by atoms with Gasteiger partial charge < -0.3 is 14.2 Å². The van der Waals surface area contributed by atoms with Gasteiger partial charge in [-0.1, -0.05) is 41.7 Å². The molecular weight excluding hydrogens is 504 g/mol. The number of benzene rings is 2. The molecule has 194 valence electrons. The predicted molar refractivity (Wildman–Crippen MR) is 144 cm³/mol. The smallest absolute Gasteiger partial charge is 0.338 e. The maximum atomic E-state index is 13.8. The number of hydrogen-bond acceptors (Lipinski definition) is 8. The summed E-state index contributed by atoms with van der Waals surface area (Å²) < 4.78 is 18.2. The first-order valence-electron chi connectivity index (χ1n) is 12.2. The number of esters is 2. The number of allylic oxidation sites excluding steroid dienone is 1. The Morgan fingerprint density at radius 1 is 1.13 bits per heavy atom. The Hall–Kier alpha value is -4.24. The van der Waals surface area contributed by atoms with Gasteiger partial charge in [0.25, 0.3) is 5.56 Å². The van der Waals surface area contributed by atoms with Crippen LogP contribution < -0.4 is 19.6 Å². The van der Waals surface area contributed by atoms with Crippen LogP contribution in [0.25, 0.3) is 12.2 Å². The largest absolute Gasteiger partial charge is 0.485 e. The Morgan fingerprint density at radius 2 is 1.87 bits per heavy atom. The van der Waals surface area contributed by atoms with E-state index in [2.05, 4.69) is 4.99 Å². The zero-order chi connectivity index (χ0) is 27.0. The molecule has 0 fully saturated rings. The maximum absolute atomic E-state index is 13.8. The molecule has 0 N–H and O–H groups in total. The van der Waals surface area contributed by atoms with Gasteiger partial charge >= 0.3 is 11.9 Å². The fraction of sp³-hybridized carbons (Fsp3) is 0.241. The van der Waals surface area contributed by atoms with Crippen LogP contribution in [-0.2, 0) is 14.3 Å². The first kappa shape index (κ1) is 25.4. The van der Waals surface area contributed by atoms with Crippen LogP contribution >= 0.6 is 11.3 Å². The lowest BCUT2D eigenvalue weighted by atomic mass is 9.95. The van der Waals surface area contributed by atoms with Crippen molar-refractivity contribution in [3.8, 4) is 5.75 Å². The monoisotopic (exact) mass is 530 g/mol. The minimum absolute atomic E-state index is 0.182. The molecule has 3 aromatic rings. The maximum Gasteiger partial charge on any atom is 0.338 e. The Balaban J connectivity index is 1.67. The van der Waals surface area contributed by atoms with Gasteiger partial charge in [-0.25, -0.2) is 14.6 Å². The van der Waals surface area contributed by atoms with Crippen molar-refractivity contribution in [2.45, 2.75) is 32.9 Å². The van der Waals surface area contributed by atoms with Crippen LogP contribution in [-0.4, -0.2) is 36.3 Å². The summed E-state index contributed by atoms with van der Waals surface area (Å²) in [4.78, 5) is 43.9. The third-order valence-electron chi connectivity index (χ3n) is 6.48. The highest BCUT2D eigenvalue weighted by atomic mass is 32.1. The first-order chi connectivity index (χ1) is 18.3. The Kier molecular flexibility index (Phi) is 6.86. The molecule has 0 saturated heterocycles. The van der Waals surface area contributed by atoms with E-state index in [4.69, 9.17) is 14.2 Å². The van der Waals surface area contributed by atoms with Crippen LogP contribution in [0.15, 0.2) is 75.2 Å². The number of fused-ring (bicyclic) bond motifs is 2. The average Bonchev–Trinajstić information content (AvgIpc) is 3.22. The van der Waals surface area contributed by atoms with Gasteiger partial charge in [0.2, 0.25) is 0 Å². The van der Waals surface area contributed by atoms with Gasteiger partial charge in [0.1, 0.15) is 11.9 Å². The van der Waals surface area contributed by atoms with E-state index in [0.717, 1.165) is 16.9 Å². The summed E-state index contributed by atoms with van der Waals surface area (Å²) in [7, 11) is 1.31. The van der Waals surface area contributed by atoms with Crippen LogP contribution in [0.4, 0.5) is 0 Å². The number of para-hydroxylation sites is 1. The molecule has 0 radical (unpaired) electrons. The second-order valence-corrected chi connectivity index (χ2v) is 9.87. The quantitative estimate of drug-likeness (QED) is 0.469. The number of ether oxygens (including phenoxy) is 3. The summed E-state index contributed by atoms with van der Waals surface area (Å²) in [6, 6.07) is 13.6. The Labute approximate surface area is 222 Å². The molecule has 0 bridgehead atoms. The van der Waals surface area contributed by atoms with Gasteiger partial charge in [-0.15, -0.1) is 0 Å². The molecule has 8 nitrogen and oxygen atoms in total. The minimum atomic E-state index is -0.770. The molecule has 5 rings (SSSR count). The van der Waals surface area contributed by atoms with Crippen molar-refractivity contribution in [2.75, 3.05) is 13.7 Å². The Bertz CT molecular complexity index is 1680. The number of carbonyl (C=O) groups is 2. The van der Waals surface area contributed by atoms with Gasteiger partial charge in [-0.2, -0.15) is 0 Å². The van der Waals surface area contributed by atoms with Gasteiger partial charge in [0.15, 0.2) is 4.80 Å². The van der Waals surface area contributed by atoms with E-state index in [1.165, 1.54) is 23.0 Å². The van der Waals surface area contributed by atoms with E-state index < -0.39 is 18.0 Å². The van der Waals surface area contributed by atoms with Crippen molar-refractivity contribution < 1.29 is 23.8 Å². The van der Waals surface area contributed by atoms with Gasteiger partial charge in [-0.3, -0.25) is 9.36 Å². The van der Waals surface area contributed by atoms with E-state index in [-0.39, 0.29) is 23.8 Å². The SMILES string of the molecule is CCOC(=O)C1=C(C)N=c2s/c(=C\C3=Cc4ccccc4O[C@@H]3C)c(=O)n2[C@H]1c1ccc(C(=O)OC)cc1. The molecule has 0 amide bonds. The number of hydrogen-bond donors (Lipinski definition) is 0. The molecule has 38 heavy (non-hydrogen) atoms. The summed E-state index contributed by atoms with van der Waals surface area (Å²) in [5.74, 6) is -0.223. The van der Waals surface area contributed by atoms with Crippen LogP contribution in [0, 0.1) is 0 Å². The zero-order valence-electron chi connectivity index (χ0n) is 21.4. The van der Waals surface area contributed by atoms with Crippen molar-refractivity contribution in [1.82, 2.24) is 4.57 Å². The zero-order valence-corrected chi connectivity index (χ0v) is 22.2. The number of methoxy groups -OCH3 is 1. The van der Waals surface area contributed by atoms with Crippen LogP contribution in [0.5, 0.6) is 5.75 Å². The number of thiazole rings is 1. The lowest BCUT2D eigenvalue weighted by Gasteiger charge is -2.24. The molecule has 0 saturated carbocycles. The van der Waals surface area contributed by atoms with Crippen molar-refractivity contribution in [2.24, 2.45) is 4.99 Å². The van der Waals surface area contributed by atoms with E-state index in [1.807, 2.05) is 43.3 Å². The minimum Gasteiger partial charge on any atom is -0.485 e. The lowest BCUT2D eigenvalue weighted by molar-refractivity contribution is -0.139. The summed E-state index contributed by atoms with van der Waals surface area (Å²) in [5.41, 5.74) is 3.27. The predicted octanol–water partition coefficient (Wildman–Crippen LogP) is 3.40. The fourth-order valence-corrected chi connectivity index (χ4v) is 5.65. The van der Waals surface area contributed by atoms with E-state index >= 15 is 0 Å². The second-order valence-electron chi connectivity index (χ2n) is 8.86. The molecule has 0 spiro atoms. The molecule has 0 aliphatic carbocycles. The molecule has 2 atom stereocenters. The molecular formula is C29H26N2O6S. The van der Waals surface area contributed by atoms with E-state index in [1.54, 1.807) is 38.1 Å². The van der Waals surface area contributed by atoms with Gasteiger partial charge in [-0.05, 0) is 62.3 Å². The molecule has 2 aliphatic rings. The topological polar surface area (TPSA) is 96.2 Å². The van der Waals surface area contributed by atoms with Crippen LogP contribution in [0.1, 0.15) is 48.3 Å². The highest BCUT2D eigenvalue weighted by Gasteiger charge is 2.33. The van der Waals surface area contributed by atoms with Crippen molar-refractivity contribution >= 4 is 35.4 Å². The summed E-state index contributed by atoms with van der Waals surface area (Å²) in [6.07, 6.45) is 3.59. The number of carbonyl (C=O) groups excluding carboxylic acids is 2. The van der Waals surface area contributed by atoms with Crippen molar-refractivity contribution in [1.29, 1.82) is 0 Å². The summed E-state index contributed by atoms with van der Waals surface area (Å²) >= 11 is 1.25. The third kappa shape index (κ3) is 4.50. The Morgan fingerprint density at radius 3 is 2.58 bits per heavy atom. The van der Waals surface area contributed by atoms with E-state index in [0.29, 0.717) is 26.2 Å². The van der Waals surface area contributed by atoms with Crippen LogP contribution in [0.2, 0.25) is 0 Å². The molecule has 3 heterocycles. The van der Waals surface area contributed by atoms with Crippen LogP contribution in [0.3, 0.4) is 0 Å². The number of rotatable bonds is 5. The lowest BCUT2D eigenvalue weighted by Crippen LogP contribution is -2.40. The first-order valence-corrected chi connectivity index (χ1v) is 13.0. The molecule has 1 aromatic heterocycles. The molecule has 2 aromatic carbocycles. The third-order valence-corrected chi connectivity index (χ3v) is 7.46. The molecule has 0 unspecified atom stereocenters. The average molecular weight is 531 g/mol. The molecule has 9 heteroatoms. The second kappa shape index (κ2) is 10.3. The van der Waals surface area contributed by atoms with Gasteiger partial charge in [0, 0.05) is 5.56 Å². The summed E-state index contributed by atoms with van der Waals surface area (Å²) in [6.45, 7) is 5.57. The number of nitrogens with zero attached hydrogens (tertiary/aromatic N) is 2. The normalized spacial score (nSPS) is 18.5. The summed E-state index contributed by atoms with van der Waals surface area (Å²) in [5, 5.41) is 0. The van der Waals surface area contributed by atoms with E-state index in [9.17, 15) is 14.4 Å². The van der Waals surface area contributed by atoms with Crippen molar-refractivity contribution in [3.05, 3.63) is 102 Å². The highest BCUT2D eigenvalue weighted by molar-refractivity contribution is 7.07. The highest BCUT2D eigenvalue weighted by Crippen LogP contribution is 2.32. The number of aromatic nitrogens is 1. The van der Waals surface area contributed by atoms with Gasteiger partial charge in [0.05, 0.1) is 41.1 Å². The van der Waals surface area contributed by atoms with Crippen molar-refractivity contribution in [3.63, 3.8) is 0 Å². The molecule has 2 aliphatic heterocycles. The fourth-order valence-electron chi connectivity index (χ4n) is 4.60. The standard InChI is InChI=1S/C29H26N2O6S/c1-5-36-28(34)24-16(2)30-29-31(25(24)18-10-12-19(13-11-18)27(33)35-4)26(32)23(38-29)15-21-14-20-8-6-7-9-22(20)37-17(21)3/h6-15,17,25H,5H2,1-4H3/b23-15-/t17-,25+/m1/s1.